The van der Waals surface area contributed by atoms with E-state index in [-0.39, 0.29) is 0 Å². The molecular formula is C12H17NOS. The number of hydrogen-bond donors (Lipinski definition) is 0. The number of carbonyl (C=O) groups is 1. The molecule has 3 heteroatoms. The number of likely N-dealkylation sites (N-methyl/N-ethyl adjacent to an activating group) is 1. The lowest BCUT2D eigenvalue weighted by atomic mass is 10.2. The Morgan fingerprint density at radius 2 is 2.40 bits per heavy atom. The summed E-state index contributed by atoms with van der Waals surface area (Å²) in [5.41, 5.74) is 0. The first-order valence-electron chi connectivity index (χ1n) is 5.45. The summed E-state index contributed by atoms with van der Waals surface area (Å²) in [6.07, 6.45) is 2.22. The summed E-state index contributed by atoms with van der Waals surface area (Å²) in [7, 11) is 2.03. The first kappa shape index (κ1) is 10.8. The molecule has 0 bridgehead atoms. The second kappa shape index (κ2) is 4.45. The zero-order valence-corrected chi connectivity index (χ0v) is 10.1. The van der Waals surface area contributed by atoms with Crippen molar-refractivity contribution in [3.8, 4) is 0 Å². The molecule has 1 unspecified atom stereocenters. The third-order valence-electron chi connectivity index (χ3n) is 3.05. The van der Waals surface area contributed by atoms with Crippen molar-refractivity contribution in [3.63, 3.8) is 0 Å². The smallest absolute Gasteiger partial charge is 0.149 e. The molecule has 1 aliphatic rings. The van der Waals surface area contributed by atoms with E-state index in [0.29, 0.717) is 24.3 Å². The molecule has 2 rings (SSSR count). The first-order chi connectivity index (χ1) is 7.18. The summed E-state index contributed by atoms with van der Waals surface area (Å²) in [5, 5.41) is 2.09. The Balaban J connectivity index is 1.89. The first-order valence-corrected chi connectivity index (χ1v) is 6.33. The van der Waals surface area contributed by atoms with Gasteiger partial charge in [0.15, 0.2) is 0 Å². The molecule has 1 aliphatic carbocycles. The molecule has 0 saturated heterocycles. The molecule has 82 valence electrons. The normalized spacial score (nSPS) is 18.1. The molecule has 1 fully saturated rings. The monoisotopic (exact) mass is 223 g/mol. The minimum absolute atomic E-state index is 0.354. The average Bonchev–Trinajstić information content (AvgIpc) is 2.93. The lowest BCUT2D eigenvalue weighted by Crippen LogP contribution is -2.29. The summed E-state index contributed by atoms with van der Waals surface area (Å²) in [5.74, 6) is 0.795. The molecule has 1 aromatic heterocycles. The number of nitrogens with zero attached hydrogens (tertiary/aromatic N) is 1. The van der Waals surface area contributed by atoms with Gasteiger partial charge < -0.3 is 0 Å². The van der Waals surface area contributed by atoms with Crippen molar-refractivity contribution in [1.82, 2.24) is 4.90 Å². The average molecular weight is 223 g/mol. The van der Waals surface area contributed by atoms with Crippen LogP contribution < -0.4 is 0 Å². The van der Waals surface area contributed by atoms with Crippen molar-refractivity contribution in [3.05, 3.63) is 22.4 Å². The molecule has 1 heterocycles. The Morgan fingerprint density at radius 3 is 2.93 bits per heavy atom. The van der Waals surface area contributed by atoms with Gasteiger partial charge in [-0.3, -0.25) is 9.69 Å². The number of hydrogen-bond acceptors (Lipinski definition) is 3. The standard InChI is InChI=1S/C12H17NOS/c1-9(12-4-3-7-15-12)13(2)8-11(14)10-5-6-10/h3-4,7,9-10H,5-6,8H2,1-2H3. The maximum atomic E-state index is 11.7. The lowest BCUT2D eigenvalue weighted by molar-refractivity contribution is -0.121. The van der Waals surface area contributed by atoms with E-state index >= 15 is 0 Å². The molecule has 1 aromatic rings. The minimum atomic E-state index is 0.354. The highest BCUT2D eigenvalue weighted by molar-refractivity contribution is 7.10. The van der Waals surface area contributed by atoms with E-state index in [9.17, 15) is 4.79 Å². The highest BCUT2D eigenvalue weighted by atomic mass is 32.1. The maximum absolute atomic E-state index is 11.7. The summed E-state index contributed by atoms with van der Waals surface area (Å²) in [6.45, 7) is 2.76. The molecule has 0 N–H and O–H groups in total. The maximum Gasteiger partial charge on any atom is 0.149 e. The van der Waals surface area contributed by atoms with E-state index in [4.69, 9.17) is 0 Å². The van der Waals surface area contributed by atoms with Gasteiger partial charge in [-0.05, 0) is 38.3 Å². The van der Waals surface area contributed by atoms with Crippen molar-refractivity contribution < 1.29 is 4.79 Å². The van der Waals surface area contributed by atoms with E-state index in [1.54, 1.807) is 11.3 Å². The Kier molecular flexibility index (Phi) is 3.22. The zero-order chi connectivity index (χ0) is 10.8. The van der Waals surface area contributed by atoms with Crippen molar-refractivity contribution in [2.45, 2.75) is 25.8 Å². The van der Waals surface area contributed by atoms with Crippen LogP contribution in [0.1, 0.15) is 30.7 Å². The molecule has 1 atom stereocenters. The Morgan fingerprint density at radius 1 is 1.67 bits per heavy atom. The van der Waals surface area contributed by atoms with Gasteiger partial charge in [-0.1, -0.05) is 6.07 Å². The van der Waals surface area contributed by atoms with Crippen LogP contribution in [0.25, 0.3) is 0 Å². The highest BCUT2D eigenvalue weighted by Gasteiger charge is 2.30. The van der Waals surface area contributed by atoms with Crippen LogP contribution in [0.4, 0.5) is 0 Å². The van der Waals surface area contributed by atoms with Crippen molar-refractivity contribution >= 4 is 17.1 Å². The van der Waals surface area contributed by atoms with Gasteiger partial charge >= 0.3 is 0 Å². The SMILES string of the molecule is CC(c1cccs1)N(C)CC(=O)C1CC1. The van der Waals surface area contributed by atoms with E-state index in [1.165, 1.54) is 4.88 Å². The zero-order valence-electron chi connectivity index (χ0n) is 9.27. The predicted octanol–water partition coefficient (Wildman–Crippen LogP) is 2.72. The van der Waals surface area contributed by atoms with Crippen LogP contribution >= 0.6 is 11.3 Å². The van der Waals surface area contributed by atoms with Crippen LogP contribution in [0.5, 0.6) is 0 Å². The van der Waals surface area contributed by atoms with Crippen molar-refractivity contribution in [2.75, 3.05) is 13.6 Å². The number of rotatable bonds is 5. The summed E-state index contributed by atoms with van der Waals surface area (Å²) < 4.78 is 0. The van der Waals surface area contributed by atoms with Crippen molar-refractivity contribution in [2.24, 2.45) is 5.92 Å². The van der Waals surface area contributed by atoms with E-state index in [2.05, 4.69) is 29.3 Å². The Bertz CT molecular complexity index is 329. The van der Waals surface area contributed by atoms with E-state index in [1.807, 2.05) is 7.05 Å². The van der Waals surface area contributed by atoms with Gasteiger partial charge in [-0.2, -0.15) is 0 Å². The number of ketones is 1. The number of carbonyl (C=O) groups excluding carboxylic acids is 1. The third-order valence-corrected chi connectivity index (χ3v) is 4.10. The van der Waals surface area contributed by atoms with Crippen LogP contribution in [-0.4, -0.2) is 24.3 Å². The van der Waals surface area contributed by atoms with Gasteiger partial charge in [0.2, 0.25) is 0 Å². The van der Waals surface area contributed by atoms with E-state index < -0.39 is 0 Å². The quantitative estimate of drug-likeness (QED) is 0.765. The van der Waals surface area contributed by atoms with Gasteiger partial charge in [-0.15, -0.1) is 11.3 Å². The Hall–Kier alpha value is -0.670. The highest BCUT2D eigenvalue weighted by Crippen LogP contribution is 2.31. The van der Waals surface area contributed by atoms with Crippen LogP contribution in [0.3, 0.4) is 0 Å². The second-order valence-corrected chi connectivity index (χ2v) is 5.33. The van der Waals surface area contributed by atoms with Gasteiger partial charge in [0.05, 0.1) is 6.54 Å². The predicted molar refractivity (Wildman–Crippen MR) is 63.1 cm³/mol. The van der Waals surface area contributed by atoms with Crippen LogP contribution in [-0.2, 0) is 4.79 Å². The lowest BCUT2D eigenvalue weighted by Gasteiger charge is -2.22. The van der Waals surface area contributed by atoms with E-state index in [0.717, 1.165) is 12.8 Å². The molecular weight excluding hydrogens is 206 g/mol. The van der Waals surface area contributed by atoms with Gasteiger partial charge in [-0.25, -0.2) is 0 Å². The molecule has 15 heavy (non-hydrogen) atoms. The van der Waals surface area contributed by atoms with Crippen LogP contribution in [0.15, 0.2) is 17.5 Å². The third kappa shape index (κ3) is 2.67. The fourth-order valence-corrected chi connectivity index (χ4v) is 2.51. The molecule has 0 radical (unpaired) electrons. The molecule has 1 saturated carbocycles. The number of Topliss-reactive ketones (excluding diaryl/α,β-unsaturated/α-hetero) is 1. The van der Waals surface area contributed by atoms with Crippen molar-refractivity contribution in [1.29, 1.82) is 0 Å². The van der Waals surface area contributed by atoms with Gasteiger partial charge in [0, 0.05) is 16.8 Å². The molecule has 0 spiro atoms. The molecule has 0 amide bonds. The fourth-order valence-electron chi connectivity index (χ4n) is 1.66. The number of thiophene rings is 1. The Labute approximate surface area is 94.9 Å². The van der Waals surface area contributed by atoms with Crippen LogP contribution in [0.2, 0.25) is 0 Å². The largest absolute Gasteiger partial charge is 0.298 e. The molecule has 2 nitrogen and oxygen atoms in total. The molecule has 0 aromatic carbocycles. The fraction of sp³-hybridized carbons (Fsp3) is 0.583. The minimum Gasteiger partial charge on any atom is -0.298 e. The van der Waals surface area contributed by atoms with Crippen LogP contribution in [0, 0.1) is 5.92 Å². The van der Waals surface area contributed by atoms with Gasteiger partial charge in [0.25, 0.3) is 0 Å². The summed E-state index contributed by atoms with van der Waals surface area (Å²) in [6, 6.07) is 4.55. The van der Waals surface area contributed by atoms with Gasteiger partial charge in [0.1, 0.15) is 5.78 Å². The topological polar surface area (TPSA) is 20.3 Å². The second-order valence-electron chi connectivity index (χ2n) is 4.35. The molecule has 0 aliphatic heterocycles. The summed E-state index contributed by atoms with van der Waals surface area (Å²) >= 11 is 1.76. The summed E-state index contributed by atoms with van der Waals surface area (Å²) in [4.78, 5) is 15.1.